The van der Waals surface area contributed by atoms with Crippen LogP contribution in [0.1, 0.15) is 25.5 Å². The van der Waals surface area contributed by atoms with Gasteiger partial charge in [0.15, 0.2) is 0 Å². The second-order valence-electron chi connectivity index (χ2n) is 5.58. The predicted octanol–water partition coefficient (Wildman–Crippen LogP) is 0.707. The minimum absolute atomic E-state index is 0.380. The van der Waals surface area contributed by atoms with E-state index in [4.69, 9.17) is 0 Å². The fraction of sp³-hybridized carbons (Fsp3) is 0.769. The van der Waals surface area contributed by atoms with E-state index >= 15 is 0 Å². The fourth-order valence-electron chi connectivity index (χ4n) is 2.66. The van der Waals surface area contributed by atoms with Crippen molar-refractivity contribution in [2.45, 2.75) is 26.7 Å². The summed E-state index contributed by atoms with van der Waals surface area (Å²) in [5.74, 6) is 0.380. The molecular weight excluding hydrogens is 290 g/mol. The molecule has 8 heteroatoms. The molecule has 2 heterocycles. The van der Waals surface area contributed by atoms with Crippen LogP contribution in [0.4, 0.5) is 5.69 Å². The Hall–Kier alpha value is -1.12. The highest BCUT2D eigenvalue weighted by molar-refractivity contribution is 7.90. The van der Waals surface area contributed by atoms with E-state index in [2.05, 4.69) is 22.1 Å². The molecule has 1 fully saturated rings. The molecule has 0 saturated carbocycles. The van der Waals surface area contributed by atoms with Crippen molar-refractivity contribution in [3.8, 4) is 0 Å². The third-order valence-corrected chi connectivity index (χ3v) is 5.25. The molecular formula is C13H25N5O2S. The van der Waals surface area contributed by atoms with Gasteiger partial charge in [0.1, 0.15) is 0 Å². The van der Waals surface area contributed by atoms with Gasteiger partial charge in [-0.05, 0) is 38.8 Å². The van der Waals surface area contributed by atoms with Gasteiger partial charge in [-0.2, -0.15) is 17.8 Å². The first kappa shape index (κ1) is 16.3. The van der Waals surface area contributed by atoms with Crippen LogP contribution < -0.4 is 10.0 Å². The predicted molar refractivity (Wildman–Crippen MR) is 83.3 cm³/mol. The largest absolute Gasteiger partial charge is 0.317 e. The van der Waals surface area contributed by atoms with Gasteiger partial charge in [-0.25, -0.2) is 0 Å². The molecule has 0 spiro atoms. The molecule has 1 unspecified atom stereocenters. The van der Waals surface area contributed by atoms with Gasteiger partial charge in [-0.1, -0.05) is 6.92 Å². The highest BCUT2D eigenvalue weighted by Gasteiger charge is 2.29. The van der Waals surface area contributed by atoms with Gasteiger partial charge in [-0.3, -0.25) is 9.40 Å². The Kier molecular flexibility index (Phi) is 5.23. The SMILES string of the molecule is CCNCC1CCCN(S(=O)(=O)Nc2cn(C)nc2C)C1. The first-order valence-corrected chi connectivity index (χ1v) is 8.85. The summed E-state index contributed by atoms with van der Waals surface area (Å²) in [7, 11) is -1.73. The number of piperidine rings is 1. The number of hydrogen-bond donors (Lipinski definition) is 2. The van der Waals surface area contributed by atoms with Crippen molar-refractivity contribution in [2.24, 2.45) is 13.0 Å². The van der Waals surface area contributed by atoms with Crippen LogP contribution in [0.15, 0.2) is 6.20 Å². The summed E-state index contributed by atoms with van der Waals surface area (Å²) in [6, 6.07) is 0. The lowest BCUT2D eigenvalue weighted by atomic mass is 10.00. The average Bonchev–Trinajstić information content (AvgIpc) is 2.74. The van der Waals surface area contributed by atoms with Crippen molar-refractivity contribution < 1.29 is 8.42 Å². The molecule has 1 atom stereocenters. The summed E-state index contributed by atoms with van der Waals surface area (Å²) in [4.78, 5) is 0. The van der Waals surface area contributed by atoms with Crippen LogP contribution in [0.25, 0.3) is 0 Å². The Morgan fingerprint density at radius 1 is 1.48 bits per heavy atom. The van der Waals surface area contributed by atoms with Gasteiger partial charge in [0.25, 0.3) is 0 Å². The third-order valence-electron chi connectivity index (χ3n) is 3.76. The van der Waals surface area contributed by atoms with E-state index < -0.39 is 10.2 Å². The molecule has 0 amide bonds. The van der Waals surface area contributed by atoms with Crippen LogP contribution in [-0.4, -0.2) is 48.7 Å². The van der Waals surface area contributed by atoms with Gasteiger partial charge in [-0.15, -0.1) is 0 Å². The first-order valence-electron chi connectivity index (χ1n) is 7.41. The maximum atomic E-state index is 12.5. The minimum Gasteiger partial charge on any atom is -0.317 e. The summed E-state index contributed by atoms with van der Waals surface area (Å²) in [6.07, 6.45) is 3.67. The van der Waals surface area contributed by atoms with Crippen LogP contribution in [0.3, 0.4) is 0 Å². The molecule has 7 nitrogen and oxygen atoms in total. The molecule has 1 aliphatic heterocycles. The monoisotopic (exact) mass is 315 g/mol. The summed E-state index contributed by atoms with van der Waals surface area (Å²) >= 11 is 0. The Bertz CT molecular complexity index is 569. The van der Waals surface area contributed by atoms with Gasteiger partial charge < -0.3 is 5.32 Å². The zero-order valence-corrected chi connectivity index (χ0v) is 13.8. The number of hydrogen-bond acceptors (Lipinski definition) is 4. The van der Waals surface area contributed by atoms with Crippen LogP contribution in [0, 0.1) is 12.8 Å². The molecule has 1 aromatic heterocycles. The molecule has 0 aromatic carbocycles. The zero-order chi connectivity index (χ0) is 15.5. The van der Waals surface area contributed by atoms with Crippen molar-refractivity contribution >= 4 is 15.9 Å². The van der Waals surface area contributed by atoms with Crippen molar-refractivity contribution in [1.82, 2.24) is 19.4 Å². The van der Waals surface area contributed by atoms with E-state index in [-0.39, 0.29) is 0 Å². The molecule has 21 heavy (non-hydrogen) atoms. The summed E-state index contributed by atoms with van der Waals surface area (Å²) in [5.41, 5.74) is 1.23. The quantitative estimate of drug-likeness (QED) is 0.810. The Morgan fingerprint density at radius 2 is 2.24 bits per heavy atom. The molecule has 0 radical (unpaired) electrons. The number of nitrogens with one attached hydrogen (secondary N) is 2. The maximum absolute atomic E-state index is 12.5. The zero-order valence-electron chi connectivity index (χ0n) is 13.0. The lowest BCUT2D eigenvalue weighted by molar-refractivity contribution is 0.262. The molecule has 1 aromatic rings. The van der Waals surface area contributed by atoms with Crippen LogP contribution in [0.5, 0.6) is 0 Å². The van der Waals surface area contributed by atoms with Crippen LogP contribution >= 0.6 is 0 Å². The summed E-state index contributed by atoms with van der Waals surface area (Å²) in [5, 5.41) is 7.45. The van der Waals surface area contributed by atoms with E-state index in [9.17, 15) is 8.42 Å². The standard InChI is InChI=1S/C13H25N5O2S/c1-4-14-8-12-6-5-7-18(9-12)21(19,20)16-13-10-17(3)15-11(13)2/h10,12,14,16H,4-9H2,1-3H3. The fourth-order valence-corrected chi connectivity index (χ4v) is 4.05. The van der Waals surface area contributed by atoms with E-state index in [0.717, 1.165) is 25.9 Å². The van der Waals surface area contributed by atoms with Crippen molar-refractivity contribution in [1.29, 1.82) is 0 Å². The van der Waals surface area contributed by atoms with E-state index in [1.165, 1.54) is 0 Å². The lowest BCUT2D eigenvalue weighted by Gasteiger charge is -2.32. The normalized spacial score (nSPS) is 20.6. The number of nitrogens with zero attached hydrogens (tertiary/aromatic N) is 3. The molecule has 120 valence electrons. The van der Waals surface area contributed by atoms with Crippen LogP contribution in [0.2, 0.25) is 0 Å². The molecule has 0 aliphatic carbocycles. The van der Waals surface area contributed by atoms with Crippen molar-refractivity contribution in [3.63, 3.8) is 0 Å². The summed E-state index contributed by atoms with van der Waals surface area (Å²) in [6.45, 7) is 6.79. The molecule has 2 N–H and O–H groups in total. The minimum atomic E-state index is -3.50. The van der Waals surface area contributed by atoms with E-state index in [1.54, 1.807) is 29.2 Å². The average molecular weight is 315 g/mol. The van der Waals surface area contributed by atoms with Crippen molar-refractivity contribution in [3.05, 3.63) is 11.9 Å². The third kappa shape index (κ3) is 4.18. The van der Waals surface area contributed by atoms with Gasteiger partial charge in [0.2, 0.25) is 0 Å². The first-order chi connectivity index (χ1) is 9.92. The molecule has 0 bridgehead atoms. The smallest absolute Gasteiger partial charge is 0.301 e. The number of rotatable bonds is 6. The molecule has 2 rings (SSSR count). The second kappa shape index (κ2) is 6.76. The van der Waals surface area contributed by atoms with Gasteiger partial charge in [0, 0.05) is 26.3 Å². The Morgan fingerprint density at radius 3 is 2.86 bits per heavy atom. The van der Waals surface area contributed by atoms with E-state index in [1.807, 2.05) is 0 Å². The highest BCUT2D eigenvalue weighted by Crippen LogP contribution is 2.21. The Balaban J connectivity index is 2.03. The maximum Gasteiger partial charge on any atom is 0.301 e. The van der Waals surface area contributed by atoms with Crippen molar-refractivity contribution in [2.75, 3.05) is 30.9 Å². The molecule has 1 saturated heterocycles. The number of aryl methyl sites for hydroxylation is 2. The lowest BCUT2D eigenvalue weighted by Crippen LogP contribution is -2.45. The number of anilines is 1. The Labute approximate surface area is 126 Å². The molecule has 1 aliphatic rings. The summed E-state index contributed by atoms with van der Waals surface area (Å²) < 4.78 is 30.8. The van der Waals surface area contributed by atoms with Crippen LogP contribution in [-0.2, 0) is 17.3 Å². The topological polar surface area (TPSA) is 79.3 Å². The highest BCUT2D eigenvalue weighted by atomic mass is 32.2. The van der Waals surface area contributed by atoms with Gasteiger partial charge >= 0.3 is 10.2 Å². The second-order valence-corrected chi connectivity index (χ2v) is 7.25. The van der Waals surface area contributed by atoms with E-state index in [0.29, 0.717) is 30.4 Å². The van der Waals surface area contributed by atoms with Gasteiger partial charge in [0.05, 0.1) is 11.4 Å². The number of aromatic nitrogens is 2.